The van der Waals surface area contributed by atoms with E-state index in [1.54, 1.807) is 12.1 Å². The number of hydrogen-bond donors (Lipinski definition) is 3. The van der Waals surface area contributed by atoms with Gasteiger partial charge in [0.1, 0.15) is 0 Å². The number of halogens is 1. The Morgan fingerprint density at radius 3 is 2.81 bits per heavy atom. The number of carbonyl (C=O) groups is 2. The van der Waals surface area contributed by atoms with Crippen molar-refractivity contribution in [3.63, 3.8) is 0 Å². The topological polar surface area (TPSA) is 104 Å². The molecule has 3 rings (SSSR count). The molecule has 3 atom stereocenters. The molecule has 2 aliphatic rings. The Morgan fingerprint density at radius 2 is 2.08 bits per heavy atom. The molecule has 2 aliphatic heterocycles. The van der Waals surface area contributed by atoms with Gasteiger partial charge in [0.2, 0.25) is 5.91 Å². The number of rotatable bonds is 6. The third-order valence-electron chi connectivity index (χ3n) is 4.86. The zero-order valence-corrected chi connectivity index (χ0v) is 16.0. The number of amides is 3. The van der Waals surface area contributed by atoms with E-state index in [1.165, 1.54) is 0 Å². The predicted molar refractivity (Wildman–Crippen MR) is 100 cm³/mol. The molecule has 2 heterocycles. The number of hydrogen-bond acceptors (Lipinski definition) is 4. The van der Waals surface area contributed by atoms with Crippen molar-refractivity contribution in [2.45, 2.75) is 49.9 Å². The molecular formula is C17H22ClN3O4S. The number of benzene rings is 1. The van der Waals surface area contributed by atoms with E-state index in [9.17, 15) is 18.0 Å². The molecule has 0 spiro atoms. The lowest BCUT2D eigenvalue weighted by Gasteiger charge is -2.16. The first-order chi connectivity index (χ1) is 12.3. The van der Waals surface area contributed by atoms with E-state index in [2.05, 4.69) is 16.0 Å². The van der Waals surface area contributed by atoms with Crippen molar-refractivity contribution in [1.82, 2.24) is 10.6 Å². The number of unbranched alkanes of at least 4 members (excludes halogenated alkanes) is 1. The standard InChI is InChI=1S/C17H22ClN3O4S/c1-10-6-7-12(11(18)8-10)19-15(22)5-3-2-4-14-16-13(9-26(14,24)25)20-17(23)21-16/h6-8,13-14,16H,2-5,9H2,1H3,(H,19,22)(H2,20,21,23)/t13-,14+,16-/m0/s1. The third kappa shape index (κ3) is 4.12. The van der Waals surface area contributed by atoms with E-state index in [-0.39, 0.29) is 36.2 Å². The molecule has 1 aromatic rings. The zero-order chi connectivity index (χ0) is 18.9. The summed E-state index contributed by atoms with van der Waals surface area (Å²) in [5, 5.41) is 8.01. The fourth-order valence-electron chi connectivity index (χ4n) is 3.57. The summed E-state index contributed by atoms with van der Waals surface area (Å²) >= 11 is 6.09. The molecule has 1 aromatic carbocycles. The molecule has 9 heteroatoms. The second-order valence-electron chi connectivity index (χ2n) is 6.90. The summed E-state index contributed by atoms with van der Waals surface area (Å²) < 4.78 is 24.5. The lowest BCUT2D eigenvalue weighted by Crippen LogP contribution is -2.39. The van der Waals surface area contributed by atoms with Crippen molar-refractivity contribution in [2.24, 2.45) is 0 Å². The smallest absolute Gasteiger partial charge is 0.315 e. The first kappa shape index (κ1) is 19.0. The van der Waals surface area contributed by atoms with E-state index in [1.807, 2.05) is 13.0 Å². The molecule has 3 N–H and O–H groups in total. The van der Waals surface area contributed by atoms with Gasteiger partial charge >= 0.3 is 6.03 Å². The van der Waals surface area contributed by atoms with Crippen LogP contribution < -0.4 is 16.0 Å². The summed E-state index contributed by atoms with van der Waals surface area (Å²) in [7, 11) is -3.22. The summed E-state index contributed by atoms with van der Waals surface area (Å²) in [6.07, 6.45) is 1.89. The van der Waals surface area contributed by atoms with E-state index in [0.29, 0.717) is 30.0 Å². The number of carbonyl (C=O) groups excluding carboxylic acids is 2. The Hall–Kier alpha value is -1.80. The van der Waals surface area contributed by atoms with E-state index < -0.39 is 15.1 Å². The summed E-state index contributed by atoms with van der Waals surface area (Å²) in [6.45, 7) is 1.92. The van der Waals surface area contributed by atoms with Crippen LogP contribution in [-0.4, -0.2) is 43.4 Å². The lowest BCUT2D eigenvalue weighted by atomic mass is 10.0. The van der Waals surface area contributed by atoms with Gasteiger partial charge in [-0.05, 0) is 37.5 Å². The minimum Gasteiger partial charge on any atom is -0.332 e. The number of sulfone groups is 1. The molecule has 26 heavy (non-hydrogen) atoms. The maximum atomic E-state index is 12.2. The second-order valence-corrected chi connectivity index (χ2v) is 9.57. The highest BCUT2D eigenvalue weighted by molar-refractivity contribution is 7.92. The molecule has 2 fully saturated rings. The molecule has 0 aliphatic carbocycles. The molecule has 7 nitrogen and oxygen atoms in total. The second kappa shape index (κ2) is 7.44. The Balaban J connectivity index is 1.46. The SMILES string of the molecule is Cc1ccc(NC(=O)CCCC[C@@H]2[C@H]3NC(=O)N[C@H]3CS2(=O)=O)c(Cl)c1. The average molecular weight is 400 g/mol. The minimum atomic E-state index is -3.22. The number of urea groups is 1. The predicted octanol–water partition coefficient (Wildman–Crippen LogP) is 1.99. The average Bonchev–Trinajstić information content (AvgIpc) is 2.99. The van der Waals surface area contributed by atoms with Crippen molar-refractivity contribution in [3.8, 4) is 0 Å². The Bertz CT molecular complexity index is 827. The van der Waals surface area contributed by atoms with Crippen molar-refractivity contribution in [2.75, 3.05) is 11.1 Å². The molecule has 0 bridgehead atoms. The monoisotopic (exact) mass is 399 g/mol. The largest absolute Gasteiger partial charge is 0.332 e. The lowest BCUT2D eigenvalue weighted by molar-refractivity contribution is -0.116. The van der Waals surface area contributed by atoms with Crippen molar-refractivity contribution < 1.29 is 18.0 Å². The van der Waals surface area contributed by atoms with E-state index in [0.717, 1.165) is 5.56 Å². The normalized spacial score (nSPS) is 26.1. The molecular weight excluding hydrogens is 378 g/mol. The third-order valence-corrected chi connectivity index (χ3v) is 7.45. The Labute approximate surface area is 157 Å². The van der Waals surface area contributed by atoms with Crippen LogP contribution in [0.25, 0.3) is 0 Å². The highest BCUT2D eigenvalue weighted by Crippen LogP contribution is 2.28. The van der Waals surface area contributed by atoms with Gasteiger partial charge in [0, 0.05) is 6.42 Å². The quantitative estimate of drug-likeness (QED) is 0.502. The van der Waals surface area contributed by atoms with Gasteiger partial charge in [-0.25, -0.2) is 13.2 Å². The fourth-order valence-corrected chi connectivity index (χ4v) is 6.12. The Morgan fingerprint density at radius 1 is 1.31 bits per heavy atom. The highest BCUT2D eigenvalue weighted by Gasteiger charge is 2.51. The van der Waals surface area contributed by atoms with Gasteiger partial charge in [0.25, 0.3) is 0 Å². The van der Waals surface area contributed by atoms with Crippen molar-refractivity contribution in [1.29, 1.82) is 0 Å². The van der Waals surface area contributed by atoms with Gasteiger partial charge in [-0.1, -0.05) is 24.1 Å². The molecule has 0 aromatic heterocycles. The van der Waals surface area contributed by atoms with Crippen LogP contribution in [0.2, 0.25) is 5.02 Å². The first-order valence-electron chi connectivity index (χ1n) is 8.61. The number of nitrogens with one attached hydrogen (secondary N) is 3. The molecule has 0 radical (unpaired) electrons. The molecule has 2 saturated heterocycles. The van der Waals surface area contributed by atoms with Crippen LogP contribution in [0.3, 0.4) is 0 Å². The Kier molecular flexibility index (Phi) is 5.43. The fraction of sp³-hybridized carbons (Fsp3) is 0.529. The minimum absolute atomic E-state index is 0.0204. The van der Waals surface area contributed by atoms with Crippen LogP contribution >= 0.6 is 11.6 Å². The van der Waals surface area contributed by atoms with Gasteiger partial charge in [-0.2, -0.15) is 0 Å². The van der Waals surface area contributed by atoms with Gasteiger partial charge in [0.05, 0.1) is 33.8 Å². The van der Waals surface area contributed by atoms with Crippen molar-refractivity contribution >= 4 is 39.1 Å². The van der Waals surface area contributed by atoms with Crippen LogP contribution in [0.5, 0.6) is 0 Å². The number of anilines is 1. The molecule has 3 amide bonds. The van der Waals surface area contributed by atoms with Gasteiger partial charge in [-0.3, -0.25) is 4.79 Å². The van der Waals surface area contributed by atoms with Gasteiger partial charge in [-0.15, -0.1) is 0 Å². The highest BCUT2D eigenvalue weighted by atomic mass is 35.5. The van der Waals surface area contributed by atoms with Crippen LogP contribution in [0, 0.1) is 6.92 Å². The number of fused-ring (bicyclic) bond motifs is 1. The van der Waals surface area contributed by atoms with Crippen LogP contribution in [0.1, 0.15) is 31.2 Å². The number of aryl methyl sites for hydroxylation is 1. The first-order valence-corrected chi connectivity index (χ1v) is 10.7. The van der Waals surface area contributed by atoms with E-state index >= 15 is 0 Å². The van der Waals surface area contributed by atoms with Gasteiger partial charge in [0.15, 0.2) is 9.84 Å². The maximum absolute atomic E-state index is 12.2. The van der Waals surface area contributed by atoms with Crippen LogP contribution in [0.15, 0.2) is 18.2 Å². The molecule has 142 valence electrons. The summed E-state index contributed by atoms with van der Waals surface area (Å²) in [5.41, 5.74) is 1.58. The van der Waals surface area contributed by atoms with E-state index in [4.69, 9.17) is 11.6 Å². The molecule has 0 unspecified atom stereocenters. The molecule has 0 saturated carbocycles. The zero-order valence-electron chi connectivity index (χ0n) is 14.4. The van der Waals surface area contributed by atoms with Crippen LogP contribution in [-0.2, 0) is 14.6 Å². The summed E-state index contributed by atoms with van der Waals surface area (Å²) in [5.74, 6) is -0.174. The van der Waals surface area contributed by atoms with Crippen LogP contribution in [0.4, 0.5) is 10.5 Å². The van der Waals surface area contributed by atoms with Crippen molar-refractivity contribution in [3.05, 3.63) is 28.8 Å². The maximum Gasteiger partial charge on any atom is 0.315 e. The summed E-state index contributed by atoms with van der Waals surface area (Å²) in [6, 6.07) is 4.39. The summed E-state index contributed by atoms with van der Waals surface area (Å²) in [4.78, 5) is 23.4. The van der Waals surface area contributed by atoms with Gasteiger partial charge < -0.3 is 16.0 Å².